The van der Waals surface area contributed by atoms with Crippen molar-refractivity contribution in [2.24, 2.45) is 0 Å². The molecule has 2 atom stereocenters. The van der Waals surface area contributed by atoms with Crippen LogP contribution in [0.1, 0.15) is 27.2 Å². The Hall–Kier alpha value is -1.08. The van der Waals surface area contributed by atoms with Crippen molar-refractivity contribution in [3.05, 3.63) is 0 Å². The van der Waals surface area contributed by atoms with Crippen LogP contribution in [0.5, 0.6) is 0 Å². The standard InChI is InChI=1S/C10H17N3O/c1-7(2)13-8(3)6-12-10(14)9(13)4-5-11/h7-9H,4,6H2,1-3H3,(H,12,14). The van der Waals surface area contributed by atoms with Crippen LogP contribution in [0.4, 0.5) is 0 Å². The van der Waals surface area contributed by atoms with Gasteiger partial charge in [0.05, 0.1) is 12.5 Å². The zero-order valence-corrected chi connectivity index (χ0v) is 8.95. The highest BCUT2D eigenvalue weighted by molar-refractivity contribution is 5.82. The summed E-state index contributed by atoms with van der Waals surface area (Å²) in [5, 5.41) is 11.5. The lowest BCUT2D eigenvalue weighted by atomic mass is 10.0. The van der Waals surface area contributed by atoms with Gasteiger partial charge >= 0.3 is 0 Å². The number of carbonyl (C=O) groups is 1. The molecule has 0 aromatic carbocycles. The molecule has 1 N–H and O–H groups in total. The number of hydrogen-bond donors (Lipinski definition) is 1. The van der Waals surface area contributed by atoms with E-state index in [-0.39, 0.29) is 18.4 Å². The molecule has 0 spiro atoms. The Labute approximate surface area is 84.9 Å². The molecule has 1 heterocycles. The minimum atomic E-state index is -0.274. The molecule has 4 nitrogen and oxygen atoms in total. The van der Waals surface area contributed by atoms with Crippen molar-refractivity contribution < 1.29 is 4.79 Å². The molecule has 0 saturated carbocycles. The summed E-state index contributed by atoms with van der Waals surface area (Å²) in [7, 11) is 0. The van der Waals surface area contributed by atoms with E-state index in [9.17, 15) is 4.79 Å². The summed E-state index contributed by atoms with van der Waals surface area (Å²) in [5.74, 6) is -0.0154. The van der Waals surface area contributed by atoms with E-state index >= 15 is 0 Å². The fourth-order valence-corrected chi connectivity index (χ4v) is 2.07. The maximum absolute atomic E-state index is 11.5. The Bertz CT molecular complexity index is 257. The zero-order valence-electron chi connectivity index (χ0n) is 8.95. The van der Waals surface area contributed by atoms with Gasteiger partial charge in [-0.2, -0.15) is 5.26 Å². The number of nitrogens with one attached hydrogen (secondary N) is 1. The Morgan fingerprint density at radius 1 is 1.71 bits per heavy atom. The normalized spacial score (nSPS) is 28.6. The van der Waals surface area contributed by atoms with Gasteiger partial charge in [-0.25, -0.2) is 0 Å². The minimum absolute atomic E-state index is 0.0154. The summed E-state index contributed by atoms with van der Waals surface area (Å²) in [4.78, 5) is 13.7. The molecule has 1 fully saturated rings. The van der Waals surface area contributed by atoms with E-state index < -0.39 is 0 Å². The molecular weight excluding hydrogens is 178 g/mol. The first-order valence-corrected chi connectivity index (χ1v) is 5.00. The number of hydrogen-bond acceptors (Lipinski definition) is 3. The molecule has 78 valence electrons. The zero-order chi connectivity index (χ0) is 10.7. The topological polar surface area (TPSA) is 56.1 Å². The fraction of sp³-hybridized carbons (Fsp3) is 0.800. The van der Waals surface area contributed by atoms with Crippen LogP contribution in [0.25, 0.3) is 0 Å². The second kappa shape index (κ2) is 4.43. The number of nitrogens with zero attached hydrogens (tertiary/aromatic N) is 2. The highest BCUT2D eigenvalue weighted by Crippen LogP contribution is 2.16. The third-order valence-electron chi connectivity index (χ3n) is 2.62. The molecule has 14 heavy (non-hydrogen) atoms. The Morgan fingerprint density at radius 3 is 2.86 bits per heavy atom. The first-order chi connectivity index (χ1) is 6.57. The summed E-state index contributed by atoms with van der Waals surface area (Å²) >= 11 is 0. The fourth-order valence-electron chi connectivity index (χ4n) is 2.07. The molecular formula is C10H17N3O. The van der Waals surface area contributed by atoms with Crippen LogP contribution < -0.4 is 5.32 Å². The largest absolute Gasteiger partial charge is 0.353 e. The van der Waals surface area contributed by atoms with Crippen LogP contribution in [0.2, 0.25) is 0 Å². The quantitative estimate of drug-likeness (QED) is 0.698. The lowest BCUT2D eigenvalue weighted by molar-refractivity contribution is -0.131. The number of piperazine rings is 1. The number of nitriles is 1. The van der Waals surface area contributed by atoms with Gasteiger partial charge < -0.3 is 5.32 Å². The molecule has 0 bridgehead atoms. The summed E-state index contributed by atoms with van der Waals surface area (Å²) in [6, 6.07) is 2.41. The molecule has 1 aliphatic heterocycles. The average Bonchev–Trinajstić information content (AvgIpc) is 2.11. The molecule has 1 aliphatic rings. The van der Waals surface area contributed by atoms with Gasteiger partial charge in [-0.05, 0) is 20.8 Å². The summed E-state index contributed by atoms with van der Waals surface area (Å²) in [6.07, 6.45) is 0.272. The molecule has 1 rings (SSSR count). The van der Waals surface area contributed by atoms with Crippen LogP contribution in [0, 0.1) is 11.3 Å². The number of carbonyl (C=O) groups excluding carboxylic acids is 1. The van der Waals surface area contributed by atoms with Crippen molar-refractivity contribution in [1.29, 1.82) is 5.26 Å². The van der Waals surface area contributed by atoms with E-state index in [0.717, 1.165) is 0 Å². The van der Waals surface area contributed by atoms with Gasteiger partial charge in [0, 0.05) is 18.6 Å². The Morgan fingerprint density at radius 2 is 2.36 bits per heavy atom. The van der Waals surface area contributed by atoms with Gasteiger partial charge in [0.2, 0.25) is 5.91 Å². The first-order valence-electron chi connectivity index (χ1n) is 5.00. The highest BCUT2D eigenvalue weighted by atomic mass is 16.2. The summed E-state index contributed by atoms with van der Waals surface area (Å²) in [5.41, 5.74) is 0. The third kappa shape index (κ3) is 2.05. The third-order valence-corrected chi connectivity index (χ3v) is 2.62. The lowest BCUT2D eigenvalue weighted by Gasteiger charge is -2.41. The van der Waals surface area contributed by atoms with Crippen LogP contribution >= 0.6 is 0 Å². The van der Waals surface area contributed by atoms with E-state index in [1.807, 2.05) is 0 Å². The van der Waals surface area contributed by atoms with Crippen molar-refractivity contribution in [2.75, 3.05) is 6.54 Å². The number of amides is 1. The van der Waals surface area contributed by atoms with Gasteiger partial charge in [0.1, 0.15) is 6.04 Å². The second-order valence-electron chi connectivity index (χ2n) is 4.01. The van der Waals surface area contributed by atoms with E-state index in [1.165, 1.54) is 0 Å². The molecule has 4 heteroatoms. The van der Waals surface area contributed by atoms with Crippen LogP contribution in [-0.2, 0) is 4.79 Å². The van der Waals surface area contributed by atoms with Crippen molar-refractivity contribution in [3.63, 3.8) is 0 Å². The van der Waals surface area contributed by atoms with Crippen LogP contribution in [0.15, 0.2) is 0 Å². The van der Waals surface area contributed by atoms with Gasteiger partial charge in [-0.3, -0.25) is 9.69 Å². The first kappa shape index (κ1) is 11.0. The van der Waals surface area contributed by atoms with Crippen molar-refractivity contribution >= 4 is 5.91 Å². The maximum Gasteiger partial charge on any atom is 0.238 e. The summed E-state index contributed by atoms with van der Waals surface area (Å²) < 4.78 is 0. The van der Waals surface area contributed by atoms with E-state index in [4.69, 9.17) is 5.26 Å². The average molecular weight is 195 g/mol. The predicted molar refractivity (Wildman–Crippen MR) is 53.5 cm³/mol. The van der Waals surface area contributed by atoms with E-state index in [0.29, 0.717) is 18.6 Å². The van der Waals surface area contributed by atoms with Crippen LogP contribution in [0.3, 0.4) is 0 Å². The molecule has 1 saturated heterocycles. The molecule has 0 aromatic rings. The molecule has 0 radical (unpaired) electrons. The van der Waals surface area contributed by atoms with Gasteiger partial charge in [0.15, 0.2) is 0 Å². The maximum atomic E-state index is 11.5. The Balaban J connectivity index is 2.81. The van der Waals surface area contributed by atoms with Gasteiger partial charge in [-0.1, -0.05) is 0 Å². The molecule has 0 aromatic heterocycles. The van der Waals surface area contributed by atoms with Gasteiger partial charge in [-0.15, -0.1) is 0 Å². The predicted octanol–water partition coefficient (Wildman–Crippen LogP) is 0.497. The monoisotopic (exact) mass is 195 g/mol. The molecule has 2 unspecified atom stereocenters. The van der Waals surface area contributed by atoms with E-state index in [1.54, 1.807) is 0 Å². The van der Waals surface area contributed by atoms with Crippen molar-refractivity contribution in [2.45, 2.75) is 45.3 Å². The Kier molecular flexibility index (Phi) is 3.48. The van der Waals surface area contributed by atoms with Gasteiger partial charge in [0.25, 0.3) is 0 Å². The number of rotatable bonds is 2. The van der Waals surface area contributed by atoms with Crippen molar-refractivity contribution in [1.82, 2.24) is 10.2 Å². The summed E-state index contributed by atoms with van der Waals surface area (Å²) in [6.45, 7) is 6.86. The van der Waals surface area contributed by atoms with E-state index in [2.05, 4.69) is 37.1 Å². The lowest BCUT2D eigenvalue weighted by Crippen LogP contribution is -2.61. The molecule has 0 aliphatic carbocycles. The minimum Gasteiger partial charge on any atom is -0.353 e. The SMILES string of the molecule is CC(C)N1C(C)CNC(=O)C1CC#N. The smallest absolute Gasteiger partial charge is 0.238 e. The second-order valence-corrected chi connectivity index (χ2v) is 4.01. The highest BCUT2D eigenvalue weighted by Gasteiger charge is 2.35. The van der Waals surface area contributed by atoms with Crippen molar-refractivity contribution in [3.8, 4) is 6.07 Å². The van der Waals surface area contributed by atoms with Crippen LogP contribution in [-0.4, -0.2) is 35.5 Å². The molecule has 1 amide bonds.